The van der Waals surface area contributed by atoms with Crippen LogP contribution in [-0.4, -0.2) is 41.2 Å². The molecule has 1 heterocycles. The zero-order valence-electron chi connectivity index (χ0n) is 14.9. The molecule has 8 heteroatoms. The van der Waals surface area contributed by atoms with E-state index in [4.69, 9.17) is 14.2 Å². The maximum Gasteiger partial charge on any atom is 0.258 e. The van der Waals surface area contributed by atoms with E-state index < -0.39 is 0 Å². The number of benzene rings is 1. The molecule has 0 fully saturated rings. The highest BCUT2D eigenvalue weighted by molar-refractivity contribution is 7.99. The standard InChI is InChI=1S/C17H22N2O5S/c1-10(2)25-17-18-14(20)8-15(21)19(17)9-11-6-12(22-3)16(24-5)13(7-11)23-4/h6-8,10,20H,9H2,1-5H3. The molecule has 0 atom stereocenters. The molecule has 2 aromatic rings. The van der Waals surface area contributed by atoms with Gasteiger partial charge in [0.25, 0.3) is 5.56 Å². The predicted octanol–water partition coefficient (Wildman–Crippen LogP) is 2.52. The zero-order valence-corrected chi connectivity index (χ0v) is 15.7. The molecule has 7 nitrogen and oxygen atoms in total. The van der Waals surface area contributed by atoms with Crippen molar-refractivity contribution in [2.24, 2.45) is 0 Å². The number of aromatic nitrogens is 2. The molecule has 2 rings (SSSR count). The summed E-state index contributed by atoms with van der Waals surface area (Å²) in [6.45, 7) is 4.24. The molecular weight excluding hydrogens is 344 g/mol. The lowest BCUT2D eigenvalue weighted by molar-refractivity contribution is 0.323. The van der Waals surface area contributed by atoms with Crippen molar-refractivity contribution in [3.8, 4) is 23.1 Å². The molecule has 136 valence electrons. The molecule has 0 unspecified atom stereocenters. The Kier molecular flexibility index (Phi) is 6.19. The maximum atomic E-state index is 12.3. The fourth-order valence-electron chi connectivity index (χ4n) is 2.33. The van der Waals surface area contributed by atoms with Crippen LogP contribution in [0.4, 0.5) is 0 Å². The monoisotopic (exact) mass is 366 g/mol. The lowest BCUT2D eigenvalue weighted by atomic mass is 10.1. The Morgan fingerprint density at radius 1 is 1.12 bits per heavy atom. The molecule has 0 radical (unpaired) electrons. The normalized spacial score (nSPS) is 10.8. The summed E-state index contributed by atoms with van der Waals surface area (Å²) in [5, 5.41) is 10.3. The van der Waals surface area contributed by atoms with Gasteiger partial charge in [0.05, 0.1) is 33.9 Å². The summed E-state index contributed by atoms with van der Waals surface area (Å²) in [6.07, 6.45) is 0. The highest BCUT2D eigenvalue weighted by Gasteiger charge is 2.16. The SMILES string of the molecule is COc1cc(Cn2c(SC(C)C)nc(O)cc2=O)cc(OC)c1OC. The van der Waals surface area contributed by atoms with Crippen LogP contribution in [-0.2, 0) is 6.54 Å². The van der Waals surface area contributed by atoms with Crippen LogP contribution in [0.1, 0.15) is 19.4 Å². The van der Waals surface area contributed by atoms with Crippen molar-refractivity contribution in [1.82, 2.24) is 9.55 Å². The predicted molar refractivity (Wildman–Crippen MR) is 96.4 cm³/mol. The molecule has 0 spiro atoms. The number of aromatic hydroxyl groups is 1. The van der Waals surface area contributed by atoms with Gasteiger partial charge in [-0.05, 0) is 17.7 Å². The van der Waals surface area contributed by atoms with Gasteiger partial charge in [0.15, 0.2) is 16.7 Å². The summed E-state index contributed by atoms with van der Waals surface area (Å²) in [5.41, 5.74) is 0.457. The number of hydrogen-bond acceptors (Lipinski definition) is 7. The molecule has 0 bridgehead atoms. The summed E-state index contributed by atoms with van der Waals surface area (Å²) in [6, 6.07) is 4.66. The smallest absolute Gasteiger partial charge is 0.258 e. The van der Waals surface area contributed by atoms with Gasteiger partial charge in [-0.15, -0.1) is 0 Å². The number of methoxy groups -OCH3 is 3. The van der Waals surface area contributed by atoms with Crippen LogP contribution in [0, 0.1) is 0 Å². The van der Waals surface area contributed by atoms with Gasteiger partial charge < -0.3 is 19.3 Å². The quantitative estimate of drug-likeness (QED) is 0.595. The largest absolute Gasteiger partial charge is 0.493 e. The van der Waals surface area contributed by atoms with Crippen LogP contribution in [0.5, 0.6) is 23.1 Å². The Hall–Kier alpha value is -2.35. The fourth-order valence-corrected chi connectivity index (χ4v) is 3.18. The van der Waals surface area contributed by atoms with Gasteiger partial charge in [-0.2, -0.15) is 4.98 Å². The van der Waals surface area contributed by atoms with E-state index in [2.05, 4.69) is 4.98 Å². The number of hydrogen-bond donors (Lipinski definition) is 1. The summed E-state index contributed by atoms with van der Waals surface area (Å²) >= 11 is 1.40. The number of ether oxygens (including phenoxy) is 3. The van der Waals surface area contributed by atoms with E-state index in [0.717, 1.165) is 11.6 Å². The lowest BCUT2D eigenvalue weighted by Gasteiger charge is -2.16. The molecule has 0 aliphatic heterocycles. The van der Waals surface area contributed by atoms with Crippen molar-refractivity contribution in [3.05, 3.63) is 34.1 Å². The topological polar surface area (TPSA) is 82.8 Å². The first-order chi connectivity index (χ1) is 11.9. The minimum Gasteiger partial charge on any atom is -0.493 e. The van der Waals surface area contributed by atoms with E-state index in [-0.39, 0.29) is 23.2 Å². The minimum absolute atomic E-state index is 0.208. The Labute approximate surface area is 150 Å². The van der Waals surface area contributed by atoms with Crippen LogP contribution in [0.3, 0.4) is 0 Å². The lowest BCUT2D eigenvalue weighted by Crippen LogP contribution is -2.23. The highest BCUT2D eigenvalue weighted by atomic mass is 32.2. The third kappa shape index (κ3) is 4.39. The van der Waals surface area contributed by atoms with Crippen molar-refractivity contribution >= 4 is 11.8 Å². The Morgan fingerprint density at radius 3 is 2.20 bits per heavy atom. The highest BCUT2D eigenvalue weighted by Crippen LogP contribution is 2.38. The molecule has 1 N–H and O–H groups in total. The van der Waals surface area contributed by atoms with Gasteiger partial charge in [0.2, 0.25) is 11.6 Å². The molecule has 1 aromatic carbocycles. The van der Waals surface area contributed by atoms with E-state index in [1.807, 2.05) is 13.8 Å². The van der Waals surface area contributed by atoms with Gasteiger partial charge in [0.1, 0.15) is 0 Å². The molecule has 0 aliphatic rings. The molecule has 0 amide bonds. The van der Waals surface area contributed by atoms with E-state index in [9.17, 15) is 9.90 Å². The summed E-state index contributed by atoms with van der Waals surface area (Å²) in [7, 11) is 4.61. The van der Waals surface area contributed by atoms with Gasteiger partial charge in [-0.1, -0.05) is 25.6 Å². The number of thioether (sulfide) groups is 1. The van der Waals surface area contributed by atoms with Gasteiger partial charge >= 0.3 is 0 Å². The summed E-state index contributed by atoms with van der Waals surface area (Å²) in [5.74, 6) is 1.22. The van der Waals surface area contributed by atoms with Gasteiger partial charge in [-0.3, -0.25) is 9.36 Å². The molecule has 0 aliphatic carbocycles. The Morgan fingerprint density at radius 2 is 1.72 bits per heavy atom. The third-order valence-corrected chi connectivity index (χ3v) is 4.36. The molecule has 0 saturated carbocycles. The van der Waals surface area contributed by atoms with E-state index in [1.54, 1.807) is 12.1 Å². The fraction of sp³-hybridized carbons (Fsp3) is 0.412. The van der Waals surface area contributed by atoms with Crippen LogP contribution >= 0.6 is 11.8 Å². The number of nitrogens with zero attached hydrogens (tertiary/aromatic N) is 2. The third-order valence-electron chi connectivity index (χ3n) is 3.37. The second kappa shape index (κ2) is 8.15. The molecular formula is C17H22N2O5S. The van der Waals surface area contributed by atoms with E-state index in [1.165, 1.54) is 37.7 Å². The zero-order chi connectivity index (χ0) is 18.6. The van der Waals surface area contributed by atoms with Crippen LogP contribution < -0.4 is 19.8 Å². The first-order valence-electron chi connectivity index (χ1n) is 7.66. The summed E-state index contributed by atoms with van der Waals surface area (Å²) in [4.78, 5) is 16.4. The molecule has 0 saturated heterocycles. The average molecular weight is 366 g/mol. The van der Waals surface area contributed by atoms with Crippen molar-refractivity contribution in [2.75, 3.05) is 21.3 Å². The first-order valence-corrected chi connectivity index (χ1v) is 8.54. The number of rotatable bonds is 7. The van der Waals surface area contributed by atoms with Gasteiger partial charge in [0, 0.05) is 5.25 Å². The van der Waals surface area contributed by atoms with Crippen molar-refractivity contribution in [3.63, 3.8) is 0 Å². The maximum absolute atomic E-state index is 12.3. The first kappa shape index (κ1) is 19.0. The molecule has 25 heavy (non-hydrogen) atoms. The average Bonchev–Trinajstić information content (AvgIpc) is 2.56. The van der Waals surface area contributed by atoms with Crippen molar-refractivity contribution in [2.45, 2.75) is 30.8 Å². The second-order valence-electron chi connectivity index (χ2n) is 5.52. The van der Waals surface area contributed by atoms with E-state index >= 15 is 0 Å². The van der Waals surface area contributed by atoms with Crippen LogP contribution in [0.25, 0.3) is 0 Å². The van der Waals surface area contributed by atoms with Gasteiger partial charge in [-0.25, -0.2) is 0 Å². The van der Waals surface area contributed by atoms with Crippen molar-refractivity contribution < 1.29 is 19.3 Å². The van der Waals surface area contributed by atoms with Crippen LogP contribution in [0.15, 0.2) is 28.2 Å². The van der Waals surface area contributed by atoms with Crippen molar-refractivity contribution in [1.29, 1.82) is 0 Å². The van der Waals surface area contributed by atoms with Crippen LogP contribution in [0.2, 0.25) is 0 Å². The Balaban J connectivity index is 2.51. The Bertz CT molecular complexity index is 779. The minimum atomic E-state index is -0.329. The molecule has 1 aromatic heterocycles. The van der Waals surface area contributed by atoms with E-state index in [0.29, 0.717) is 22.4 Å². The summed E-state index contributed by atoms with van der Waals surface area (Å²) < 4.78 is 17.5. The second-order valence-corrected chi connectivity index (χ2v) is 7.07.